The molecule has 2 saturated heterocycles. The molecule has 7 heteroatoms. The number of hydrogen-bond donors (Lipinski definition) is 1. The number of carbonyl (C=O) groups is 2. The predicted molar refractivity (Wildman–Crippen MR) is 132 cm³/mol. The summed E-state index contributed by atoms with van der Waals surface area (Å²) in [7, 11) is 0. The summed E-state index contributed by atoms with van der Waals surface area (Å²) in [6.45, 7) is 14.7. The number of piperazine rings is 1. The zero-order valence-electron chi connectivity index (χ0n) is 21.4. The van der Waals surface area contributed by atoms with Crippen molar-refractivity contribution in [2.45, 2.75) is 91.8 Å². The van der Waals surface area contributed by atoms with Crippen LogP contribution in [0.4, 0.5) is 0 Å². The van der Waals surface area contributed by atoms with Crippen LogP contribution in [0.25, 0.3) is 0 Å². The smallest absolute Gasteiger partial charge is 0.245 e. The van der Waals surface area contributed by atoms with Crippen molar-refractivity contribution >= 4 is 11.8 Å². The van der Waals surface area contributed by atoms with Gasteiger partial charge in [0, 0.05) is 51.5 Å². The minimum Gasteiger partial charge on any atom is -0.341 e. The summed E-state index contributed by atoms with van der Waals surface area (Å²) in [5, 5.41) is 3.37. The fourth-order valence-corrected chi connectivity index (χ4v) is 5.33. The second-order valence-electron chi connectivity index (χ2n) is 10.8. The summed E-state index contributed by atoms with van der Waals surface area (Å²) in [5.41, 5.74) is 0. The van der Waals surface area contributed by atoms with Gasteiger partial charge in [0.05, 0.1) is 6.04 Å². The van der Waals surface area contributed by atoms with Gasteiger partial charge in [-0.2, -0.15) is 0 Å². The van der Waals surface area contributed by atoms with Crippen LogP contribution in [-0.4, -0.2) is 69.4 Å². The van der Waals surface area contributed by atoms with Gasteiger partial charge < -0.3 is 19.7 Å². The second-order valence-corrected chi connectivity index (χ2v) is 10.8. The normalized spacial score (nSPS) is 21.3. The molecule has 33 heavy (non-hydrogen) atoms. The van der Waals surface area contributed by atoms with Gasteiger partial charge in [0.15, 0.2) is 0 Å². The number of nitrogens with one attached hydrogen (secondary N) is 1. The average molecular weight is 460 g/mol. The Kier molecular flexibility index (Phi) is 9.36. The first-order valence-electron chi connectivity index (χ1n) is 13.1. The predicted octanol–water partition coefficient (Wildman–Crippen LogP) is 3.34. The first kappa shape index (κ1) is 25.7. The van der Waals surface area contributed by atoms with Gasteiger partial charge in [0.2, 0.25) is 11.8 Å². The Labute approximate surface area is 200 Å². The molecule has 1 N–H and O–H groups in total. The lowest BCUT2D eigenvalue weighted by atomic mass is 9.91. The van der Waals surface area contributed by atoms with E-state index in [9.17, 15) is 9.59 Å². The molecule has 7 nitrogen and oxygen atoms in total. The van der Waals surface area contributed by atoms with Crippen LogP contribution in [0.15, 0.2) is 12.4 Å². The van der Waals surface area contributed by atoms with Crippen molar-refractivity contribution in [3.63, 3.8) is 0 Å². The molecule has 2 atom stereocenters. The topological polar surface area (TPSA) is 70.5 Å². The average Bonchev–Trinajstić information content (AvgIpc) is 3.20. The SMILES string of the molecule is CCCn1ccnc1CC1CCN(C(=O)[C@H](CC(C)C)N2CCN[C@@H](CC(C)C)C2=O)CC1. The number of imidazole rings is 1. The molecule has 3 heterocycles. The Morgan fingerprint density at radius 1 is 1.15 bits per heavy atom. The molecule has 0 radical (unpaired) electrons. The number of hydrogen-bond acceptors (Lipinski definition) is 4. The van der Waals surface area contributed by atoms with Crippen molar-refractivity contribution in [1.29, 1.82) is 0 Å². The highest BCUT2D eigenvalue weighted by atomic mass is 16.2. The van der Waals surface area contributed by atoms with Crippen LogP contribution in [0.5, 0.6) is 0 Å². The lowest BCUT2D eigenvalue weighted by Crippen LogP contribution is -2.62. The van der Waals surface area contributed by atoms with E-state index in [2.05, 4.69) is 55.7 Å². The molecular formula is C26H45N5O2. The highest BCUT2D eigenvalue weighted by molar-refractivity contribution is 5.90. The van der Waals surface area contributed by atoms with E-state index in [0.717, 1.165) is 64.7 Å². The maximum Gasteiger partial charge on any atom is 0.245 e. The third kappa shape index (κ3) is 6.81. The van der Waals surface area contributed by atoms with Gasteiger partial charge in [0.1, 0.15) is 11.9 Å². The summed E-state index contributed by atoms with van der Waals surface area (Å²) >= 11 is 0. The largest absolute Gasteiger partial charge is 0.341 e. The van der Waals surface area contributed by atoms with Gasteiger partial charge >= 0.3 is 0 Å². The summed E-state index contributed by atoms with van der Waals surface area (Å²) in [4.78, 5) is 35.4. The molecule has 0 aromatic carbocycles. The Balaban J connectivity index is 1.62. The summed E-state index contributed by atoms with van der Waals surface area (Å²) < 4.78 is 2.26. The number of amides is 2. The van der Waals surface area contributed by atoms with Crippen molar-refractivity contribution in [2.75, 3.05) is 26.2 Å². The van der Waals surface area contributed by atoms with Crippen molar-refractivity contribution in [3.8, 4) is 0 Å². The van der Waals surface area contributed by atoms with Crippen molar-refractivity contribution in [2.24, 2.45) is 17.8 Å². The zero-order valence-corrected chi connectivity index (χ0v) is 21.4. The number of aryl methyl sites for hydroxylation is 1. The molecule has 2 amide bonds. The number of nitrogens with zero attached hydrogens (tertiary/aromatic N) is 4. The first-order valence-corrected chi connectivity index (χ1v) is 13.1. The number of piperidine rings is 1. The van der Waals surface area contributed by atoms with Gasteiger partial charge in [-0.15, -0.1) is 0 Å². The van der Waals surface area contributed by atoms with Crippen molar-refractivity contribution in [3.05, 3.63) is 18.2 Å². The van der Waals surface area contributed by atoms with E-state index in [0.29, 0.717) is 24.3 Å². The van der Waals surface area contributed by atoms with Crippen LogP contribution >= 0.6 is 0 Å². The maximum absolute atomic E-state index is 13.7. The standard InChI is InChI=1S/C26H45N5O2/c1-6-11-29-14-9-28-24(29)18-21-7-12-30(13-8-21)26(33)23(17-20(4)5)31-15-10-27-22(25(31)32)16-19(2)3/h9,14,19-23,27H,6-8,10-13,15-18H2,1-5H3/t22-,23-/m0/s1. The Morgan fingerprint density at radius 3 is 2.52 bits per heavy atom. The molecule has 3 rings (SSSR count). The van der Waals surface area contributed by atoms with Crippen molar-refractivity contribution < 1.29 is 9.59 Å². The van der Waals surface area contributed by atoms with Crippen LogP contribution in [0.1, 0.15) is 72.5 Å². The summed E-state index contributed by atoms with van der Waals surface area (Å²) in [5.74, 6) is 2.78. The minimum atomic E-state index is -0.339. The summed E-state index contributed by atoms with van der Waals surface area (Å²) in [6, 6.07) is -0.506. The van der Waals surface area contributed by atoms with Crippen LogP contribution in [0.3, 0.4) is 0 Å². The van der Waals surface area contributed by atoms with E-state index >= 15 is 0 Å². The number of carbonyl (C=O) groups excluding carboxylic acids is 2. The minimum absolute atomic E-state index is 0.103. The number of rotatable bonds is 10. The molecule has 0 unspecified atom stereocenters. The zero-order chi connectivity index (χ0) is 24.0. The Hall–Kier alpha value is -1.89. The Bertz CT molecular complexity index is 766. The second kappa shape index (κ2) is 12.0. The van der Waals surface area contributed by atoms with Crippen LogP contribution in [0, 0.1) is 17.8 Å². The van der Waals surface area contributed by atoms with E-state index < -0.39 is 0 Å². The molecule has 2 fully saturated rings. The van der Waals surface area contributed by atoms with E-state index in [1.165, 1.54) is 5.82 Å². The fraction of sp³-hybridized carbons (Fsp3) is 0.808. The lowest BCUT2D eigenvalue weighted by Gasteiger charge is -2.42. The molecule has 2 aliphatic heterocycles. The molecule has 0 spiro atoms. The van der Waals surface area contributed by atoms with Crippen LogP contribution in [-0.2, 0) is 22.6 Å². The van der Waals surface area contributed by atoms with Crippen LogP contribution < -0.4 is 5.32 Å². The van der Waals surface area contributed by atoms with E-state index in [1.54, 1.807) is 0 Å². The van der Waals surface area contributed by atoms with Gasteiger partial charge in [-0.1, -0.05) is 34.6 Å². The van der Waals surface area contributed by atoms with E-state index in [4.69, 9.17) is 0 Å². The Morgan fingerprint density at radius 2 is 1.88 bits per heavy atom. The molecule has 1 aromatic rings. The van der Waals surface area contributed by atoms with Gasteiger partial charge in [-0.05, 0) is 49.9 Å². The van der Waals surface area contributed by atoms with E-state index in [-0.39, 0.29) is 23.9 Å². The molecule has 0 bridgehead atoms. The molecule has 186 valence electrons. The first-order chi connectivity index (χ1) is 15.8. The third-order valence-electron chi connectivity index (χ3n) is 7.05. The fourth-order valence-electron chi connectivity index (χ4n) is 5.33. The number of likely N-dealkylation sites (tertiary alicyclic amines) is 1. The van der Waals surface area contributed by atoms with Gasteiger partial charge in [0.25, 0.3) is 0 Å². The monoisotopic (exact) mass is 459 g/mol. The van der Waals surface area contributed by atoms with Gasteiger partial charge in [-0.25, -0.2) is 4.98 Å². The van der Waals surface area contributed by atoms with Crippen LogP contribution in [0.2, 0.25) is 0 Å². The third-order valence-corrected chi connectivity index (χ3v) is 7.05. The number of aromatic nitrogens is 2. The molecule has 0 aliphatic carbocycles. The lowest BCUT2D eigenvalue weighted by molar-refractivity contribution is -0.150. The molecule has 0 saturated carbocycles. The van der Waals surface area contributed by atoms with Crippen molar-refractivity contribution in [1.82, 2.24) is 24.7 Å². The highest BCUT2D eigenvalue weighted by Gasteiger charge is 2.39. The molecule has 1 aromatic heterocycles. The molecule has 2 aliphatic rings. The highest BCUT2D eigenvalue weighted by Crippen LogP contribution is 2.25. The quantitative estimate of drug-likeness (QED) is 0.583. The maximum atomic E-state index is 13.7. The summed E-state index contributed by atoms with van der Waals surface area (Å²) in [6.07, 6.45) is 9.62. The van der Waals surface area contributed by atoms with E-state index in [1.807, 2.05) is 16.0 Å². The van der Waals surface area contributed by atoms with Gasteiger partial charge in [-0.3, -0.25) is 9.59 Å². The molecular weight excluding hydrogens is 414 g/mol.